The number of carboxylic acids is 1. The van der Waals surface area contributed by atoms with Gasteiger partial charge in [0.2, 0.25) is 0 Å². The fourth-order valence-corrected chi connectivity index (χ4v) is 2.25. The predicted molar refractivity (Wildman–Crippen MR) is 70.7 cm³/mol. The van der Waals surface area contributed by atoms with Crippen molar-refractivity contribution in [2.24, 2.45) is 0 Å². The van der Waals surface area contributed by atoms with Gasteiger partial charge in [0.15, 0.2) is 0 Å². The standard InChI is InChI=1S/C14H21NO3/c1-9-6-10(2)14(11(3)7-9)12(16)8-15-5-4-13(17)18/h6-7,12,15-16H,4-5,8H2,1-3H3,(H,17,18). The smallest absolute Gasteiger partial charge is 0.304 e. The number of aryl methyl sites for hydroxylation is 3. The second-order valence-corrected chi connectivity index (χ2v) is 4.68. The molecule has 0 radical (unpaired) electrons. The van der Waals surface area contributed by atoms with Gasteiger partial charge in [-0.25, -0.2) is 0 Å². The van der Waals surface area contributed by atoms with E-state index in [2.05, 4.69) is 5.32 Å². The van der Waals surface area contributed by atoms with Crippen LogP contribution in [0.25, 0.3) is 0 Å². The van der Waals surface area contributed by atoms with Crippen molar-refractivity contribution < 1.29 is 15.0 Å². The average molecular weight is 251 g/mol. The Morgan fingerprint density at radius 1 is 1.28 bits per heavy atom. The number of aliphatic hydroxyl groups is 1. The fraction of sp³-hybridized carbons (Fsp3) is 0.500. The van der Waals surface area contributed by atoms with Gasteiger partial charge >= 0.3 is 5.97 Å². The molecule has 0 saturated heterocycles. The van der Waals surface area contributed by atoms with Crippen LogP contribution in [0.1, 0.15) is 34.8 Å². The van der Waals surface area contributed by atoms with Crippen LogP contribution in [-0.4, -0.2) is 29.3 Å². The fourth-order valence-electron chi connectivity index (χ4n) is 2.25. The molecular weight excluding hydrogens is 230 g/mol. The van der Waals surface area contributed by atoms with E-state index in [9.17, 15) is 9.90 Å². The van der Waals surface area contributed by atoms with E-state index in [0.717, 1.165) is 16.7 Å². The Kier molecular flexibility index (Phi) is 5.31. The van der Waals surface area contributed by atoms with Crippen LogP contribution < -0.4 is 5.32 Å². The summed E-state index contributed by atoms with van der Waals surface area (Å²) in [6.45, 7) is 6.74. The molecule has 1 aromatic carbocycles. The van der Waals surface area contributed by atoms with Gasteiger partial charge in [0.05, 0.1) is 12.5 Å². The molecule has 3 N–H and O–H groups in total. The topological polar surface area (TPSA) is 69.6 Å². The first kappa shape index (κ1) is 14.7. The number of hydrogen-bond acceptors (Lipinski definition) is 3. The van der Waals surface area contributed by atoms with Gasteiger partial charge in [-0.3, -0.25) is 4.79 Å². The molecule has 0 bridgehead atoms. The molecule has 0 amide bonds. The lowest BCUT2D eigenvalue weighted by Crippen LogP contribution is -2.25. The van der Waals surface area contributed by atoms with Crippen molar-refractivity contribution in [2.75, 3.05) is 13.1 Å². The van der Waals surface area contributed by atoms with Gasteiger partial charge in [0.25, 0.3) is 0 Å². The second kappa shape index (κ2) is 6.52. The predicted octanol–water partition coefficient (Wildman–Crippen LogP) is 1.71. The van der Waals surface area contributed by atoms with Crippen LogP contribution in [0.5, 0.6) is 0 Å². The highest BCUT2D eigenvalue weighted by Gasteiger charge is 2.13. The van der Waals surface area contributed by atoms with E-state index in [0.29, 0.717) is 13.1 Å². The maximum Gasteiger partial charge on any atom is 0.304 e. The SMILES string of the molecule is Cc1cc(C)c(C(O)CNCCC(=O)O)c(C)c1. The molecule has 1 unspecified atom stereocenters. The Hall–Kier alpha value is -1.39. The van der Waals surface area contributed by atoms with Crippen LogP contribution in [-0.2, 0) is 4.79 Å². The minimum Gasteiger partial charge on any atom is -0.481 e. The summed E-state index contributed by atoms with van der Waals surface area (Å²) in [5.74, 6) is -0.834. The van der Waals surface area contributed by atoms with Crippen molar-refractivity contribution in [3.05, 3.63) is 34.4 Å². The minimum absolute atomic E-state index is 0.0680. The first-order valence-corrected chi connectivity index (χ1v) is 6.10. The third kappa shape index (κ3) is 4.13. The monoisotopic (exact) mass is 251 g/mol. The molecule has 1 atom stereocenters. The molecular formula is C14H21NO3. The van der Waals surface area contributed by atoms with Crippen molar-refractivity contribution in [3.8, 4) is 0 Å². The average Bonchev–Trinajstić information content (AvgIpc) is 2.22. The molecule has 0 saturated carbocycles. The van der Waals surface area contributed by atoms with E-state index in [1.54, 1.807) is 0 Å². The zero-order valence-electron chi connectivity index (χ0n) is 11.2. The summed E-state index contributed by atoms with van der Waals surface area (Å²) in [5, 5.41) is 21.6. The van der Waals surface area contributed by atoms with Crippen LogP contribution in [0.4, 0.5) is 0 Å². The molecule has 0 aliphatic heterocycles. The van der Waals surface area contributed by atoms with Crippen molar-refractivity contribution in [1.29, 1.82) is 0 Å². The van der Waals surface area contributed by atoms with E-state index in [1.807, 2.05) is 32.9 Å². The van der Waals surface area contributed by atoms with Gasteiger partial charge in [-0.2, -0.15) is 0 Å². The number of benzene rings is 1. The van der Waals surface area contributed by atoms with Crippen LogP contribution in [0.2, 0.25) is 0 Å². The first-order valence-electron chi connectivity index (χ1n) is 6.10. The molecule has 0 aliphatic rings. The Balaban J connectivity index is 2.61. The molecule has 100 valence electrons. The Morgan fingerprint density at radius 2 is 1.83 bits per heavy atom. The van der Waals surface area contributed by atoms with E-state index in [1.165, 1.54) is 5.56 Å². The number of rotatable bonds is 6. The lowest BCUT2D eigenvalue weighted by Gasteiger charge is -2.18. The number of aliphatic hydroxyl groups excluding tert-OH is 1. The summed E-state index contributed by atoms with van der Waals surface area (Å²) < 4.78 is 0. The number of nitrogens with one attached hydrogen (secondary N) is 1. The molecule has 0 spiro atoms. The van der Waals surface area contributed by atoms with Crippen LogP contribution in [0.3, 0.4) is 0 Å². The van der Waals surface area contributed by atoms with Crippen LogP contribution in [0, 0.1) is 20.8 Å². The number of carbonyl (C=O) groups is 1. The summed E-state index contributed by atoms with van der Waals surface area (Å²) in [6, 6.07) is 4.09. The third-order valence-corrected chi connectivity index (χ3v) is 2.92. The molecule has 0 aromatic heterocycles. The normalized spacial score (nSPS) is 12.4. The maximum absolute atomic E-state index is 10.4. The van der Waals surface area contributed by atoms with E-state index in [4.69, 9.17) is 5.11 Å². The maximum atomic E-state index is 10.4. The summed E-state index contributed by atoms with van der Waals surface area (Å²) in [4.78, 5) is 10.4. The Labute approximate surface area is 108 Å². The van der Waals surface area contributed by atoms with Gasteiger partial charge in [-0.15, -0.1) is 0 Å². The molecule has 0 aliphatic carbocycles. The van der Waals surface area contributed by atoms with Gasteiger partial charge in [-0.05, 0) is 37.5 Å². The molecule has 4 nitrogen and oxygen atoms in total. The highest BCUT2D eigenvalue weighted by atomic mass is 16.4. The Morgan fingerprint density at radius 3 is 2.33 bits per heavy atom. The highest BCUT2D eigenvalue weighted by Crippen LogP contribution is 2.22. The molecule has 18 heavy (non-hydrogen) atoms. The zero-order valence-corrected chi connectivity index (χ0v) is 11.2. The van der Waals surface area contributed by atoms with Gasteiger partial charge in [0.1, 0.15) is 0 Å². The molecule has 4 heteroatoms. The lowest BCUT2D eigenvalue weighted by atomic mass is 9.95. The Bertz CT molecular complexity index is 406. The number of carboxylic acid groups (broad SMARTS) is 1. The van der Waals surface area contributed by atoms with Crippen molar-refractivity contribution >= 4 is 5.97 Å². The lowest BCUT2D eigenvalue weighted by molar-refractivity contribution is -0.136. The van der Waals surface area contributed by atoms with Gasteiger partial charge in [0, 0.05) is 13.1 Å². The minimum atomic E-state index is -0.834. The molecule has 0 heterocycles. The van der Waals surface area contributed by atoms with Crippen molar-refractivity contribution in [2.45, 2.75) is 33.3 Å². The summed E-state index contributed by atoms with van der Waals surface area (Å²) >= 11 is 0. The first-order chi connectivity index (χ1) is 8.41. The third-order valence-electron chi connectivity index (χ3n) is 2.92. The van der Waals surface area contributed by atoms with Crippen molar-refractivity contribution in [1.82, 2.24) is 5.32 Å². The van der Waals surface area contributed by atoms with Gasteiger partial charge in [-0.1, -0.05) is 17.7 Å². The van der Waals surface area contributed by atoms with Gasteiger partial charge < -0.3 is 15.5 Å². The number of hydrogen-bond donors (Lipinski definition) is 3. The van der Waals surface area contributed by atoms with E-state index in [-0.39, 0.29) is 6.42 Å². The van der Waals surface area contributed by atoms with Crippen LogP contribution >= 0.6 is 0 Å². The highest BCUT2D eigenvalue weighted by molar-refractivity contribution is 5.66. The van der Waals surface area contributed by atoms with Crippen LogP contribution in [0.15, 0.2) is 12.1 Å². The summed E-state index contributed by atoms with van der Waals surface area (Å²) in [7, 11) is 0. The van der Waals surface area contributed by atoms with E-state index >= 15 is 0 Å². The molecule has 1 rings (SSSR count). The second-order valence-electron chi connectivity index (χ2n) is 4.68. The molecule has 1 aromatic rings. The number of aliphatic carboxylic acids is 1. The summed E-state index contributed by atoms with van der Waals surface area (Å²) in [5.41, 5.74) is 4.25. The van der Waals surface area contributed by atoms with E-state index < -0.39 is 12.1 Å². The zero-order chi connectivity index (χ0) is 13.7. The summed E-state index contributed by atoms with van der Waals surface area (Å²) in [6.07, 6.45) is -0.530. The quantitative estimate of drug-likeness (QED) is 0.673. The van der Waals surface area contributed by atoms with Crippen molar-refractivity contribution in [3.63, 3.8) is 0 Å². The molecule has 0 fully saturated rings. The largest absolute Gasteiger partial charge is 0.481 e.